The van der Waals surface area contributed by atoms with Gasteiger partial charge in [-0.05, 0) is 19.9 Å². The Hall–Kier alpha value is -1.23. The van der Waals surface area contributed by atoms with Crippen LogP contribution in [0.1, 0.15) is 12.8 Å². The quantitative estimate of drug-likeness (QED) is 0.784. The zero-order valence-electron chi connectivity index (χ0n) is 8.78. The van der Waals surface area contributed by atoms with Crippen LogP contribution in [0.4, 0.5) is 10.3 Å². The number of likely N-dealkylation sites (N-methyl/N-ethyl adjacent to an activating group) is 1. The van der Waals surface area contributed by atoms with Gasteiger partial charge in [0.1, 0.15) is 0 Å². The molecule has 0 aromatic carbocycles. The number of hydrogen-bond donors (Lipinski definition) is 1. The van der Waals surface area contributed by atoms with Crippen molar-refractivity contribution in [3.8, 4) is 0 Å². The lowest BCUT2D eigenvalue weighted by atomic mass is 10.1. The average Bonchev–Trinajstić information content (AvgIpc) is 2.30. The van der Waals surface area contributed by atoms with Gasteiger partial charge >= 0.3 is 0 Å². The van der Waals surface area contributed by atoms with Crippen LogP contribution in [-0.2, 0) is 0 Å². The minimum Gasteiger partial charge on any atom is -0.339 e. The second-order valence-corrected chi connectivity index (χ2v) is 3.78. The molecule has 5 heteroatoms. The fourth-order valence-electron chi connectivity index (χ4n) is 1.86. The molecule has 0 radical (unpaired) electrons. The second-order valence-electron chi connectivity index (χ2n) is 3.78. The molecule has 0 bridgehead atoms. The Bertz CT molecular complexity index is 314. The number of rotatable bonds is 2. The zero-order chi connectivity index (χ0) is 10.7. The predicted molar refractivity (Wildman–Crippen MR) is 56.3 cm³/mol. The number of nitrogens with zero attached hydrogens (tertiary/aromatic N) is 3. The van der Waals surface area contributed by atoms with E-state index in [0.29, 0.717) is 12.0 Å². The van der Waals surface area contributed by atoms with Crippen molar-refractivity contribution in [3.05, 3.63) is 18.2 Å². The number of aromatic nitrogens is 2. The molecule has 1 aliphatic heterocycles. The van der Waals surface area contributed by atoms with E-state index in [4.69, 9.17) is 0 Å². The molecule has 1 atom stereocenters. The number of anilines is 1. The Balaban J connectivity index is 2.06. The summed E-state index contributed by atoms with van der Waals surface area (Å²) in [6, 6.07) is 0.479. The van der Waals surface area contributed by atoms with Crippen LogP contribution < -0.4 is 10.2 Å². The van der Waals surface area contributed by atoms with Crippen molar-refractivity contribution >= 4 is 5.95 Å². The predicted octanol–water partition coefficient (Wildman–Crippen LogP) is 0.804. The van der Waals surface area contributed by atoms with Gasteiger partial charge in [0, 0.05) is 19.1 Å². The monoisotopic (exact) mass is 210 g/mol. The molecule has 0 saturated carbocycles. The number of hydrogen-bond acceptors (Lipinski definition) is 4. The molecule has 4 nitrogen and oxygen atoms in total. The van der Waals surface area contributed by atoms with Gasteiger partial charge in [-0.25, -0.2) is 14.4 Å². The third-order valence-electron chi connectivity index (χ3n) is 2.72. The Kier molecular flexibility index (Phi) is 3.11. The normalized spacial score (nSPS) is 21.7. The maximum Gasteiger partial charge on any atom is 0.225 e. The van der Waals surface area contributed by atoms with E-state index in [1.165, 1.54) is 18.8 Å². The van der Waals surface area contributed by atoms with Crippen LogP contribution in [0.15, 0.2) is 12.4 Å². The summed E-state index contributed by atoms with van der Waals surface area (Å²) in [5.41, 5.74) is 0. The van der Waals surface area contributed by atoms with E-state index in [2.05, 4.69) is 20.2 Å². The Labute approximate surface area is 88.5 Å². The van der Waals surface area contributed by atoms with E-state index >= 15 is 0 Å². The van der Waals surface area contributed by atoms with E-state index < -0.39 is 0 Å². The van der Waals surface area contributed by atoms with Gasteiger partial charge in [0.05, 0.1) is 12.4 Å². The van der Waals surface area contributed by atoms with E-state index in [1.54, 1.807) is 0 Å². The van der Waals surface area contributed by atoms with E-state index in [1.807, 2.05) is 7.05 Å². The van der Waals surface area contributed by atoms with Gasteiger partial charge in [-0.3, -0.25) is 0 Å². The first-order valence-electron chi connectivity index (χ1n) is 5.19. The largest absolute Gasteiger partial charge is 0.339 e. The minimum absolute atomic E-state index is 0.388. The van der Waals surface area contributed by atoms with Gasteiger partial charge in [0.25, 0.3) is 0 Å². The smallest absolute Gasteiger partial charge is 0.225 e. The first kappa shape index (κ1) is 10.3. The van der Waals surface area contributed by atoms with Crippen LogP contribution in [-0.4, -0.2) is 36.1 Å². The third kappa shape index (κ3) is 2.41. The van der Waals surface area contributed by atoms with Gasteiger partial charge in [-0.15, -0.1) is 0 Å². The standard InChI is InChI=1S/C10H15FN4/c1-12-9-3-2-4-15(7-9)10-13-5-8(11)6-14-10/h5-6,9,12H,2-4,7H2,1H3. The van der Waals surface area contributed by atoms with E-state index in [0.717, 1.165) is 19.5 Å². The summed E-state index contributed by atoms with van der Waals surface area (Å²) in [4.78, 5) is 10.1. The zero-order valence-corrected chi connectivity index (χ0v) is 8.78. The summed E-state index contributed by atoms with van der Waals surface area (Å²) in [7, 11) is 1.96. The first-order valence-corrected chi connectivity index (χ1v) is 5.19. The topological polar surface area (TPSA) is 41.0 Å². The molecule has 2 heterocycles. The van der Waals surface area contributed by atoms with Crippen molar-refractivity contribution in [1.82, 2.24) is 15.3 Å². The lowest BCUT2D eigenvalue weighted by Gasteiger charge is -2.32. The van der Waals surface area contributed by atoms with Crippen molar-refractivity contribution in [2.75, 3.05) is 25.0 Å². The Morgan fingerprint density at radius 1 is 1.47 bits per heavy atom. The average molecular weight is 210 g/mol. The van der Waals surface area contributed by atoms with Gasteiger partial charge in [-0.2, -0.15) is 0 Å². The summed E-state index contributed by atoms with van der Waals surface area (Å²) in [6.45, 7) is 1.84. The van der Waals surface area contributed by atoms with Gasteiger partial charge in [0.15, 0.2) is 5.82 Å². The molecule has 1 unspecified atom stereocenters. The maximum atomic E-state index is 12.6. The Morgan fingerprint density at radius 2 is 2.20 bits per heavy atom. The molecule has 82 valence electrons. The summed E-state index contributed by atoms with van der Waals surface area (Å²) in [5.74, 6) is 0.234. The SMILES string of the molecule is CNC1CCCN(c2ncc(F)cn2)C1. The highest BCUT2D eigenvalue weighted by molar-refractivity contribution is 5.29. The fraction of sp³-hybridized carbons (Fsp3) is 0.600. The van der Waals surface area contributed by atoms with E-state index in [-0.39, 0.29) is 5.82 Å². The third-order valence-corrected chi connectivity index (χ3v) is 2.72. The number of halogens is 1. The molecule has 1 aromatic rings. The van der Waals surface area contributed by atoms with Crippen molar-refractivity contribution in [2.24, 2.45) is 0 Å². The van der Waals surface area contributed by atoms with Crippen LogP contribution in [0, 0.1) is 5.82 Å². The molecular formula is C10H15FN4. The van der Waals surface area contributed by atoms with Crippen LogP contribution >= 0.6 is 0 Å². The molecule has 0 spiro atoms. The molecular weight excluding hydrogens is 195 g/mol. The van der Waals surface area contributed by atoms with Crippen molar-refractivity contribution in [1.29, 1.82) is 0 Å². The summed E-state index contributed by atoms with van der Waals surface area (Å²) in [5, 5.41) is 3.24. The molecule has 1 N–H and O–H groups in total. The van der Waals surface area contributed by atoms with Gasteiger partial charge in [0.2, 0.25) is 5.95 Å². The number of nitrogens with one attached hydrogen (secondary N) is 1. The molecule has 1 saturated heterocycles. The van der Waals surface area contributed by atoms with Crippen LogP contribution in [0.3, 0.4) is 0 Å². The molecule has 0 aliphatic carbocycles. The molecule has 1 aliphatic rings. The van der Waals surface area contributed by atoms with Crippen LogP contribution in [0.2, 0.25) is 0 Å². The lowest BCUT2D eigenvalue weighted by molar-refractivity contribution is 0.444. The summed E-state index contributed by atoms with van der Waals surface area (Å²) >= 11 is 0. The molecule has 1 fully saturated rings. The van der Waals surface area contributed by atoms with E-state index in [9.17, 15) is 4.39 Å². The molecule has 1 aromatic heterocycles. The minimum atomic E-state index is -0.388. The molecule has 2 rings (SSSR count). The highest BCUT2D eigenvalue weighted by Gasteiger charge is 2.20. The second kappa shape index (κ2) is 4.53. The van der Waals surface area contributed by atoms with Crippen LogP contribution in [0.25, 0.3) is 0 Å². The Morgan fingerprint density at radius 3 is 2.87 bits per heavy atom. The maximum absolute atomic E-state index is 12.6. The summed E-state index contributed by atoms with van der Waals surface area (Å²) < 4.78 is 12.6. The number of piperidine rings is 1. The molecule has 0 amide bonds. The fourth-order valence-corrected chi connectivity index (χ4v) is 1.86. The first-order chi connectivity index (χ1) is 7.29. The molecule has 15 heavy (non-hydrogen) atoms. The van der Waals surface area contributed by atoms with Gasteiger partial charge in [-0.1, -0.05) is 0 Å². The lowest BCUT2D eigenvalue weighted by Crippen LogP contribution is -2.45. The van der Waals surface area contributed by atoms with Crippen molar-refractivity contribution in [2.45, 2.75) is 18.9 Å². The highest BCUT2D eigenvalue weighted by Crippen LogP contribution is 2.15. The summed E-state index contributed by atoms with van der Waals surface area (Å²) in [6.07, 6.45) is 4.72. The highest BCUT2D eigenvalue weighted by atomic mass is 19.1. The van der Waals surface area contributed by atoms with Crippen LogP contribution in [0.5, 0.6) is 0 Å². The van der Waals surface area contributed by atoms with Gasteiger partial charge < -0.3 is 10.2 Å². The van der Waals surface area contributed by atoms with Crippen molar-refractivity contribution < 1.29 is 4.39 Å². The van der Waals surface area contributed by atoms with Crippen molar-refractivity contribution in [3.63, 3.8) is 0 Å².